The summed E-state index contributed by atoms with van der Waals surface area (Å²) in [6, 6.07) is 25.5. The van der Waals surface area contributed by atoms with Crippen LogP contribution in [0.4, 0.5) is 5.69 Å². The fourth-order valence-electron chi connectivity index (χ4n) is 4.27. The molecule has 5 heteroatoms. The summed E-state index contributed by atoms with van der Waals surface area (Å²) in [5.41, 5.74) is 4.44. The number of hydrogen-bond donors (Lipinski definition) is 1. The molecule has 1 aliphatic rings. The standard InChI is InChI=1S/C27H26N2O3/c1-19-11-13-20(14-12-19)25(29-15-17-31-18-16-29)26-24(22-9-5-6-10-23(22)32-26)28-27(30)21-7-3-2-4-8-21/h2-14,25H,15-18H2,1H3,(H,28,30)/t25-/m0/s1. The average molecular weight is 427 g/mol. The third kappa shape index (κ3) is 4.05. The van der Waals surface area contributed by atoms with Gasteiger partial charge >= 0.3 is 0 Å². The highest BCUT2D eigenvalue weighted by molar-refractivity contribution is 6.09. The van der Waals surface area contributed by atoms with Gasteiger partial charge in [-0.3, -0.25) is 9.69 Å². The first kappa shape index (κ1) is 20.5. The van der Waals surface area contributed by atoms with Crippen molar-refractivity contribution in [3.63, 3.8) is 0 Å². The van der Waals surface area contributed by atoms with Crippen LogP contribution in [0.1, 0.15) is 33.3 Å². The van der Waals surface area contributed by atoms with Crippen molar-refractivity contribution in [2.24, 2.45) is 0 Å². The molecule has 1 aliphatic heterocycles. The fraction of sp³-hybridized carbons (Fsp3) is 0.222. The zero-order valence-electron chi connectivity index (χ0n) is 18.1. The van der Waals surface area contributed by atoms with Crippen LogP contribution in [0.25, 0.3) is 11.0 Å². The average Bonchev–Trinajstić information content (AvgIpc) is 3.19. The minimum Gasteiger partial charge on any atom is -0.457 e. The number of fused-ring (bicyclic) bond motifs is 1. The lowest BCUT2D eigenvalue weighted by Gasteiger charge is -2.34. The van der Waals surface area contributed by atoms with Gasteiger partial charge in [0, 0.05) is 24.0 Å². The molecule has 3 aromatic carbocycles. The Morgan fingerprint density at radius 3 is 2.34 bits per heavy atom. The maximum atomic E-state index is 13.1. The summed E-state index contributed by atoms with van der Waals surface area (Å²) in [7, 11) is 0. The second-order valence-corrected chi connectivity index (χ2v) is 8.12. The van der Waals surface area contributed by atoms with Gasteiger partial charge in [-0.1, -0.05) is 60.2 Å². The smallest absolute Gasteiger partial charge is 0.255 e. The van der Waals surface area contributed by atoms with E-state index >= 15 is 0 Å². The molecule has 1 atom stereocenters. The molecule has 0 spiro atoms. The number of anilines is 1. The Bertz CT molecular complexity index is 1210. The molecule has 0 unspecified atom stereocenters. The zero-order valence-corrected chi connectivity index (χ0v) is 18.1. The van der Waals surface area contributed by atoms with E-state index < -0.39 is 0 Å². The summed E-state index contributed by atoms with van der Waals surface area (Å²) >= 11 is 0. The van der Waals surface area contributed by atoms with E-state index in [1.807, 2.05) is 54.6 Å². The number of morpholine rings is 1. The van der Waals surface area contributed by atoms with Gasteiger partial charge in [-0.15, -0.1) is 0 Å². The molecule has 1 amide bonds. The van der Waals surface area contributed by atoms with Crippen LogP contribution < -0.4 is 5.32 Å². The van der Waals surface area contributed by atoms with E-state index in [0.717, 1.165) is 41.1 Å². The normalized spacial score (nSPS) is 15.5. The summed E-state index contributed by atoms with van der Waals surface area (Å²) in [6.07, 6.45) is 0. The highest BCUT2D eigenvalue weighted by Crippen LogP contribution is 2.40. The first-order valence-electron chi connectivity index (χ1n) is 11.0. The highest BCUT2D eigenvalue weighted by Gasteiger charge is 2.31. The molecule has 32 heavy (non-hydrogen) atoms. The number of rotatable bonds is 5. The van der Waals surface area contributed by atoms with Crippen molar-refractivity contribution in [1.29, 1.82) is 0 Å². The van der Waals surface area contributed by atoms with E-state index in [1.165, 1.54) is 5.56 Å². The molecule has 1 N–H and O–H groups in total. The lowest BCUT2D eigenvalue weighted by Crippen LogP contribution is -2.39. The molecule has 162 valence electrons. The minimum atomic E-state index is -0.150. The van der Waals surface area contributed by atoms with Crippen molar-refractivity contribution in [3.05, 3.63) is 101 Å². The van der Waals surface area contributed by atoms with Gasteiger partial charge in [-0.05, 0) is 36.8 Å². The third-order valence-corrected chi connectivity index (χ3v) is 5.95. The quantitative estimate of drug-likeness (QED) is 0.463. The van der Waals surface area contributed by atoms with Crippen molar-refractivity contribution in [2.45, 2.75) is 13.0 Å². The van der Waals surface area contributed by atoms with E-state index in [-0.39, 0.29) is 11.9 Å². The lowest BCUT2D eigenvalue weighted by atomic mass is 9.99. The fourth-order valence-corrected chi connectivity index (χ4v) is 4.27. The van der Waals surface area contributed by atoms with Gasteiger partial charge in [0.25, 0.3) is 5.91 Å². The summed E-state index contributed by atoms with van der Waals surface area (Å²) < 4.78 is 12.0. The molecule has 0 radical (unpaired) electrons. The molecule has 0 bridgehead atoms. The van der Waals surface area contributed by atoms with Crippen LogP contribution in [0, 0.1) is 6.92 Å². The second kappa shape index (κ2) is 8.99. The number of aryl methyl sites for hydroxylation is 1. The largest absolute Gasteiger partial charge is 0.457 e. The van der Waals surface area contributed by atoms with Crippen LogP contribution in [0.3, 0.4) is 0 Å². The summed E-state index contributed by atoms with van der Waals surface area (Å²) in [6.45, 7) is 5.02. The monoisotopic (exact) mass is 426 g/mol. The number of hydrogen-bond acceptors (Lipinski definition) is 4. The van der Waals surface area contributed by atoms with E-state index in [1.54, 1.807) is 0 Å². The molecule has 1 fully saturated rings. The van der Waals surface area contributed by atoms with Crippen molar-refractivity contribution >= 4 is 22.6 Å². The predicted molar refractivity (Wildman–Crippen MR) is 126 cm³/mol. The van der Waals surface area contributed by atoms with Gasteiger partial charge in [0.05, 0.1) is 24.9 Å². The SMILES string of the molecule is Cc1ccc([C@@H](c2oc3ccccc3c2NC(=O)c2ccccc2)N2CCOCC2)cc1. The predicted octanol–water partition coefficient (Wildman–Crippen LogP) is 5.42. The molecule has 2 heterocycles. The molecular weight excluding hydrogens is 400 g/mol. The number of furan rings is 1. The van der Waals surface area contributed by atoms with Gasteiger partial charge in [-0.2, -0.15) is 0 Å². The first-order chi connectivity index (χ1) is 15.7. The number of carbonyl (C=O) groups is 1. The number of ether oxygens (including phenoxy) is 1. The molecule has 0 saturated carbocycles. The summed E-state index contributed by atoms with van der Waals surface area (Å²) in [5.74, 6) is 0.601. The molecule has 5 rings (SSSR count). The van der Waals surface area contributed by atoms with Crippen LogP contribution in [-0.4, -0.2) is 37.1 Å². The Hall–Kier alpha value is -3.41. The van der Waals surface area contributed by atoms with Crippen LogP contribution >= 0.6 is 0 Å². The minimum absolute atomic E-state index is 0.127. The zero-order chi connectivity index (χ0) is 21.9. The van der Waals surface area contributed by atoms with Gasteiger partial charge in [-0.25, -0.2) is 0 Å². The topological polar surface area (TPSA) is 54.7 Å². The highest BCUT2D eigenvalue weighted by atomic mass is 16.5. The van der Waals surface area contributed by atoms with Crippen LogP contribution in [-0.2, 0) is 4.74 Å². The van der Waals surface area contributed by atoms with Crippen LogP contribution in [0.15, 0.2) is 83.3 Å². The molecular formula is C27H26N2O3. The molecule has 0 aliphatic carbocycles. The van der Waals surface area contributed by atoms with Crippen molar-refractivity contribution < 1.29 is 13.9 Å². The van der Waals surface area contributed by atoms with Crippen LogP contribution in [0.5, 0.6) is 0 Å². The van der Waals surface area contributed by atoms with E-state index in [4.69, 9.17) is 9.15 Å². The van der Waals surface area contributed by atoms with Crippen molar-refractivity contribution in [2.75, 3.05) is 31.6 Å². The van der Waals surface area contributed by atoms with Gasteiger partial charge in [0.15, 0.2) is 0 Å². The Morgan fingerprint density at radius 2 is 1.59 bits per heavy atom. The summed E-state index contributed by atoms with van der Waals surface area (Å²) in [5, 5.41) is 4.06. The molecule has 4 aromatic rings. The number of amides is 1. The number of nitrogens with one attached hydrogen (secondary N) is 1. The first-order valence-corrected chi connectivity index (χ1v) is 11.0. The van der Waals surface area contributed by atoms with Crippen LogP contribution in [0.2, 0.25) is 0 Å². The number of para-hydroxylation sites is 1. The van der Waals surface area contributed by atoms with E-state index in [2.05, 4.69) is 41.4 Å². The number of nitrogens with zero attached hydrogens (tertiary/aromatic N) is 1. The van der Waals surface area contributed by atoms with Crippen molar-refractivity contribution in [3.8, 4) is 0 Å². The number of benzene rings is 3. The lowest BCUT2D eigenvalue weighted by molar-refractivity contribution is 0.0206. The summed E-state index contributed by atoms with van der Waals surface area (Å²) in [4.78, 5) is 15.5. The maximum absolute atomic E-state index is 13.1. The number of carbonyl (C=O) groups excluding carboxylic acids is 1. The Kier molecular flexibility index (Phi) is 5.75. The third-order valence-electron chi connectivity index (χ3n) is 5.95. The van der Waals surface area contributed by atoms with Gasteiger partial charge in [0.2, 0.25) is 0 Å². The van der Waals surface area contributed by atoms with E-state index in [0.29, 0.717) is 18.8 Å². The molecule has 1 saturated heterocycles. The van der Waals surface area contributed by atoms with Gasteiger partial charge in [0.1, 0.15) is 11.3 Å². The van der Waals surface area contributed by atoms with Crippen molar-refractivity contribution in [1.82, 2.24) is 4.90 Å². The van der Waals surface area contributed by atoms with E-state index in [9.17, 15) is 4.79 Å². The molecule has 1 aromatic heterocycles. The Labute approximate surface area is 187 Å². The Morgan fingerprint density at radius 1 is 0.906 bits per heavy atom. The van der Waals surface area contributed by atoms with Gasteiger partial charge < -0.3 is 14.5 Å². The second-order valence-electron chi connectivity index (χ2n) is 8.12. The maximum Gasteiger partial charge on any atom is 0.255 e. The Balaban J connectivity index is 1.63. The molecule has 5 nitrogen and oxygen atoms in total.